The Hall–Kier alpha value is -0.920. The molecule has 2 nitrogen and oxygen atoms in total. The predicted molar refractivity (Wildman–Crippen MR) is 53.3 cm³/mol. The number of hydrogen-bond donors (Lipinski definition) is 0. The van der Waals surface area contributed by atoms with Crippen LogP contribution in [-0.4, -0.2) is 10.2 Å². The minimum atomic E-state index is 0.756. The zero-order chi connectivity index (χ0) is 9.12. The maximum absolute atomic E-state index is 4.45. The molecule has 2 saturated carbocycles. The van der Waals surface area contributed by atoms with Crippen LogP contribution in [0, 0.1) is 0 Å². The summed E-state index contributed by atoms with van der Waals surface area (Å²) in [5, 5.41) is 8.83. The number of aromatic nitrogens is 2. The number of fused-ring (bicyclic) bond motifs is 5. The van der Waals surface area contributed by atoms with Crippen LogP contribution in [0.1, 0.15) is 66.8 Å². The summed E-state index contributed by atoms with van der Waals surface area (Å²) in [6.07, 6.45) is 6.78. The topological polar surface area (TPSA) is 25.8 Å². The Kier molecular flexibility index (Phi) is 1.24. The van der Waals surface area contributed by atoms with Gasteiger partial charge in [-0.1, -0.05) is 0 Å². The van der Waals surface area contributed by atoms with Gasteiger partial charge in [0.05, 0.1) is 11.4 Å². The van der Waals surface area contributed by atoms with Crippen LogP contribution in [0.4, 0.5) is 0 Å². The zero-order valence-electron chi connectivity index (χ0n) is 8.24. The highest BCUT2D eigenvalue weighted by atomic mass is 15.1. The first-order valence-corrected chi connectivity index (χ1v) is 5.79. The van der Waals surface area contributed by atoms with Crippen LogP contribution in [-0.2, 0) is 0 Å². The second kappa shape index (κ2) is 2.36. The van der Waals surface area contributed by atoms with Crippen molar-refractivity contribution < 1.29 is 0 Å². The van der Waals surface area contributed by atoms with Crippen molar-refractivity contribution in [2.75, 3.05) is 0 Å². The molecule has 2 heteroatoms. The second-order valence-corrected chi connectivity index (χ2v) is 5.09. The van der Waals surface area contributed by atoms with Crippen molar-refractivity contribution in [1.82, 2.24) is 10.2 Å². The van der Waals surface area contributed by atoms with E-state index in [0.29, 0.717) is 0 Å². The van der Waals surface area contributed by atoms with Crippen molar-refractivity contribution in [2.24, 2.45) is 0 Å². The highest BCUT2D eigenvalue weighted by molar-refractivity contribution is 5.37. The summed E-state index contributed by atoms with van der Waals surface area (Å²) >= 11 is 0. The van der Waals surface area contributed by atoms with E-state index < -0.39 is 0 Å². The van der Waals surface area contributed by atoms with Crippen molar-refractivity contribution in [2.45, 2.75) is 49.9 Å². The average Bonchev–Trinajstić information content (AvgIpc) is 2.89. The summed E-state index contributed by atoms with van der Waals surface area (Å²) in [5.74, 6) is 2.35. The predicted octanol–water partition coefficient (Wildman–Crippen LogP) is 2.72. The van der Waals surface area contributed by atoms with Gasteiger partial charge in [0.2, 0.25) is 0 Å². The fourth-order valence-corrected chi connectivity index (χ4v) is 3.17. The SMILES string of the molecule is c1c(C2CC2)nnc2c1C1CCC2C1. The maximum atomic E-state index is 4.45. The minimum Gasteiger partial charge on any atom is -0.155 e. The van der Waals surface area contributed by atoms with E-state index >= 15 is 0 Å². The summed E-state index contributed by atoms with van der Waals surface area (Å²) in [4.78, 5) is 0. The Morgan fingerprint density at radius 1 is 0.929 bits per heavy atom. The maximum Gasteiger partial charge on any atom is 0.0697 e. The van der Waals surface area contributed by atoms with Gasteiger partial charge in [-0.15, -0.1) is 0 Å². The Morgan fingerprint density at radius 3 is 2.57 bits per heavy atom. The Labute approximate surface area is 83.7 Å². The van der Waals surface area contributed by atoms with E-state index in [2.05, 4.69) is 16.3 Å². The Morgan fingerprint density at radius 2 is 1.71 bits per heavy atom. The smallest absolute Gasteiger partial charge is 0.0697 e. The molecule has 0 aliphatic heterocycles. The highest BCUT2D eigenvalue weighted by Gasteiger charge is 2.39. The average molecular weight is 186 g/mol. The summed E-state index contributed by atoms with van der Waals surface area (Å²) in [7, 11) is 0. The molecule has 0 saturated heterocycles. The van der Waals surface area contributed by atoms with Gasteiger partial charge in [-0.05, 0) is 49.7 Å². The van der Waals surface area contributed by atoms with Crippen molar-refractivity contribution in [1.29, 1.82) is 0 Å². The number of hydrogen-bond acceptors (Lipinski definition) is 2. The molecule has 2 atom stereocenters. The molecule has 72 valence electrons. The van der Waals surface area contributed by atoms with E-state index in [0.717, 1.165) is 17.8 Å². The molecular weight excluding hydrogens is 172 g/mol. The third-order valence-corrected chi connectivity index (χ3v) is 4.13. The summed E-state index contributed by atoms with van der Waals surface area (Å²) in [5.41, 5.74) is 4.17. The second-order valence-electron chi connectivity index (χ2n) is 5.09. The van der Waals surface area contributed by atoms with Crippen LogP contribution in [0.5, 0.6) is 0 Å². The first-order chi connectivity index (χ1) is 6.92. The van der Waals surface area contributed by atoms with Crippen molar-refractivity contribution in [3.63, 3.8) is 0 Å². The molecule has 4 rings (SSSR count). The third kappa shape index (κ3) is 0.865. The molecule has 1 heterocycles. The molecule has 0 radical (unpaired) electrons. The lowest BCUT2D eigenvalue weighted by molar-refractivity contribution is 0.672. The van der Waals surface area contributed by atoms with E-state index in [1.54, 1.807) is 5.56 Å². The van der Waals surface area contributed by atoms with Gasteiger partial charge in [-0.3, -0.25) is 0 Å². The fraction of sp³-hybridized carbons (Fsp3) is 0.667. The third-order valence-electron chi connectivity index (χ3n) is 4.13. The van der Waals surface area contributed by atoms with E-state index in [9.17, 15) is 0 Å². The Bertz CT molecular complexity index is 395. The van der Waals surface area contributed by atoms with E-state index in [-0.39, 0.29) is 0 Å². The molecule has 0 aromatic carbocycles. The van der Waals surface area contributed by atoms with Gasteiger partial charge in [0.15, 0.2) is 0 Å². The molecule has 0 amide bonds. The first-order valence-electron chi connectivity index (χ1n) is 5.79. The molecule has 2 fully saturated rings. The minimum absolute atomic E-state index is 0.756. The monoisotopic (exact) mass is 186 g/mol. The summed E-state index contributed by atoms with van der Waals surface area (Å²) in [6.45, 7) is 0. The fourth-order valence-electron chi connectivity index (χ4n) is 3.17. The highest BCUT2D eigenvalue weighted by Crippen LogP contribution is 2.52. The summed E-state index contributed by atoms with van der Waals surface area (Å²) < 4.78 is 0. The lowest BCUT2D eigenvalue weighted by Crippen LogP contribution is -2.04. The van der Waals surface area contributed by atoms with E-state index in [4.69, 9.17) is 0 Å². The van der Waals surface area contributed by atoms with E-state index in [1.165, 1.54) is 43.5 Å². The molecule has 3 aliphatic rings. The molecule has 0 spiro atoms. The van der Waals surface area contributed by atoms with Crippen LogP contribution >= 0.6 is 0 Å². The van der Waals surface area contributed by atoms with Crippen LogP contribution in [0.15, 0.2) is 6.07 Å². The molecular formula is C12H14N2. The lowest BCUT2D eigenvalue weighted by atomic mass is 9.96. The largest absolute Gasteiger partial charge is 0.155 e. The normalized spacial score (nSPS) is 33.4. The van der Waals surface area contributed by atoms with Crippen molar-refractivity contribution in [3.8, 4) is 0 Å². The zero-order valence-corrected chi connectivity index (χ0v) is 8.24. The molecule has 2 bridgehead atoms. The van der Waals surface area contributed by atoms with Gasteiger partial charge in [0, 0.05) is 11.8 Å². The Balaban J connectivity index is 1.84. The van der Waals surface area contributed by atoms with Gasteiger partial charge in [0.1, 0.15) is 0 Å². The van der Waals surface area contributed by atoms with Crippen molar-refractivity contribution >= 4 is 0 Å². The molecule has 14 heavy (non-hydrogen) atoms. The van der Waals surface area contributed by atoms with Crippen LogP contribution in [0.3, 0.4) is 0 Å². The van der Waals surface area contributed by atoms with Gasteiger partial charge in [0.25, 0.3) is 0 Å². The molecule has 2 unspecified atom stereocenters. The van der Waals surface area contributed by atoms with Gasteiger partial charge < -0.3 is 0 Å². The van der Waals surface area contributed by atoms with Crippen molar-refractivity contribution in [3.05, 3.63) is 23.0 Å². The molecule has 3 aliphatic carbocycles. The summed E-state index contributed by atoms with van der Waals surface area (Å²) in [6, 6.07) is 2.36. The molecule has 0 N–H and O–H groups in total. The molecule has 1 aromatic heterocycles. The number of rotatable bonds is 1. The van der Waals surface area contributed by atoms with Gasteiger partial charge in [-0.2, -0.15) is 10.2 Å². The first kappa shape index (κ1) is 7.38. The van der Waals surface area contributed by atoms with Crippen LogP contribution < -0.4 is 0 Å². The molecule has 1 aromatic rings. The van der Waals surface area contributed by atoms with E-state index in [1.807, 2.05) is 0 Å². The quantitative estimate of drug-likeness (QED) is 0.674. The van der Waals surface area contributed by atoms with Gasteiger partial charge in [-0.25, -0.2) is 0 Å². The van der Waals surface area contributed by atoms with Crippen LogP contribution in [0.25, 0.3) is 0 Å². The van der Waals surface area contributed by atoms with Crippen LogP contribution in [0.2, 0.25) is 0 Å². The van der Waals surface area contributed by atoms with Gasteiger partial charge >= 0.3 is 0 Å². The lowest BCUT2D eigenvalue weighted by Gasteiger charge is -2.13. The number of nitrogens with zero attached hydrogens (tertiary/aromatic N) is 2. The standard InChI is InChI=1S/C12H14N2/c1-2-7(1)11-6-10-8-3-4-9(5-8)12(10)14-13-11/h6-9H,1-5H2.